The van der Waals surface area contributed by atoms with E-state index in [0.717, 1.165) is 33.6 Å². The van der Waals surface area contributed by atoms with Crippen molar-refractivity contribution in [1.82, 2.24) is 9.97 Å². The normalized spacial score (nSPS) is 11.3. The van der Waals surface area contributed by atoms with E-state index in [2.05, 4.69) is 98.2 Å². The molecule has 7 rings (SSSR count). The molecule has 2 nitrogen and oxygen atoms in total. The number of rotatable bonds is 5. The summed E-state index contributed by atoms with van der Waals surface area (Å²) in [7, 11) is -1.34. The van der Waals surface area contributed by atoms with Crippen LogP contribution in [0.15, 0.2) is 116 Å². The summed E-state index contributed by atoms with van der Waals surface area (Å²) in [5.41, 5.74) is 7.63. The number of hydrogen-bond donors (Lipinski definition) is 0. The number of thiophene rings is 1. The minimum atomic E-state index is -1.34. The van der Waals surface area contributed by atoms with E-state index >= 15 is 0 Å². The number of halogens is 1. The van der Waals surface area contributed by atoms with E-state index in [1.165, 1.54) is 43.1 Å². The fraction of sp³-hybridized carbons (Fsp3) is 0.150. The molecule has 0 spiro atoms. The number of hydrogen-bond acceptors (Lipinski definition) is 3. The Balaban J connectivity index is 0.000000187. The molecule has 1 radical (unpaired) electrons. The van der Waals surface area contributed by atoms with Gasteiger partial charge in [0.05, 0.1) is 8.07 Å². The molecule has 46 heavy (non-hydrogen) atoms. The van der Waals surface area contributed by atoms with Crippen molar-refractivity contribution in [2.24, 2.45) is 0 Å². The maximum Gasteiger partial charge on any atom is 0.123 e. The minimum absolute atomic E-state index is 0. The van der Waals surface area contributed by atoms with Gasteiger partial charge in [-0.2, -0.15) is 11.3 Å². The molecule has 0 aliphatic rings. The first-order chi connectivity index (χ1) is 21.7. The summed E-state index contributed by atoms with van der Waals surface area (Å²) < 4.78 is 15.6. The average Bonchev–Trinajstić information content (AvgIpc) is 3.44. The summed E-state index contributed by atoms with van der Waals surface area (Å²) in [5.74, 6) is 0.319. The van der Waals surface area contributed by atoms with Gasteiger partial charge in [-0.3, -0.25) is 0 Å². The van der Waals surface area contributed by atoms with Crippen LogP contribution in [-0.4, -0.2) is 18.0 Å². The van der Waals surface area contributed by atoms with Crippen molar-refractivity contribution in [1.29, 1.82) is 0 Å². The Morgan fingerprint density at radius 3 is 2.17 bits per heavy atom. The van der Waals surface area contributed by atoms with Crippen LogP contribution >= 0.6 is 11.3 Å². The van der Waals surface area contributed by atoms with E-state index < -0.39 is 8.07 Å². The summed E-state index contributed by atoms with van der Waals surface area (Å²) in [6.07, 6.45) is 3.90. The van der Waals surface area contributed by atoms with E-state index in [-0.39, 0.29) is 25.9 Å². The molecule has 6 heteroatoms. The minimum Gasteiger partial charge on any atom is -0.305 e. The monoisotopic (exact) mass is 815 g/mol. The van der Waals surface area contributed by atoms with Gasteiger partial charge in [-0.15, -0.1) is 59.7 Å². The number of fused-ring (bicyclic) bond motifs is 3. The molecule has 0 unspecified atom stereocenters. The van der Waals surface area contributed by atoms with Gasteiger partial charge >= 0.3 is 0 Å². The largest absolute Gasteiger partial charge is 0.305 e. The zero-order valence-corrected chi connectivity index (χ0v) is 30.8. The second-order valence-corrected chi connectivity index (χ2v) is 18.6. The number of aromatic nitrogens is 2. The Labute approximate surface area is 289 Å². The summed E-state index contributed by atoms with van der Waals surface area (Å²) in [5, 5.41) is 3.92. The topological polar surface area (TPSA) is 25.8 Å². The van der Waals surface area contributed by atoms with Crippen LogP contribution in [0.4, 0.5) is 4.39 Å². The molecule has 0 amide bonds. The third kappa shape index (κ3) is 7.27. The van der Waals surface area contributed by atoms with E-state index in [0.29, 0.717) is 5.92 Å². The third-order valence-corrected chi connectivity index (χ3v) is 11.1. The van der Waals surface area contributed by atoms with Crippen molar-refractivity contribution in [3.05, 3.63) is 139 Å². The van der Waals surface area contributed by atoms with Gasteiger partial charge in [0, 0.05) is 37.2 Å². The SMILES string of the molecule is CC(C)c1cc(-c2[c-]cccc2)ncc1[Si](C)(C)C.Fc1ccc(-c2ccc3c(c2)sc2c(-c4ccccn4)[c-]ccc23)cc1.[Ir]. The maximum atomic E-state index is 13.2. The van der Waals surface area contributed by atoms with Gasteiger partial charge in [0.1, 0.15) is 5.82 Å². The Hall–Kier alpha value is -3.80. The van der Waals surface area contributed by atoms with Crippen molar-refractivity contribution >= 4 is 44.8 Å². The third-order valence-electron chi connectivity index (χ3n) is 7.88. The predicted octanol–water partition coefficient (Wildman–Crippen LogP) is 10.9. The fourth-order valence-corrected chi connectivity index (χ4v) is 8.47. The van der Waals surface area contributed by atoms with Crippen LogP contribution in [0.2, 0.25) is 19.6 Å². The van der Waals surface area contributed by atoms with Crippen LogP contribution in [-0.2, 0) is 20.1 Å². The first-order valence-corrected chi connectivity index (χ1v) is 19.5. The van der Waals surface area contributed by atoms with Crippen LogP contribution in [0.1, 0.15) is 25.3 Å². The summed E-state index contributed by atoms with van der Waals surface area (Å²) in [6, 6.07) is 40.0. The number of nitrogens with zero attached hydrogens (tertiary/aromatic N) is 2. The average molecular weight is 815 g/mol. The summed E-state index contributed by atoms with van der Waals surface area (Å²) >= 11 is 1.75. The Bertz CT molecular complexity index is 2070. The molecule has 0 fully saturated rings. The molecule has 3 aromatic heterocycles. The first-order valence-electron chi connectivity index (χ1n) is 15.2. The van der Waals surface area contributed by atoms with Crippen molar-refractivity contribution in [3.63, 3.8) is 0 Å². The Morgan fingerprint density at radius 2 is 1.50 bits per heavy atom. The maximum absolute atomic E-state index is 13.2. The molecule has 0 N–H and O–H groups in total. The van der Waals surface area contributed by atoms with Crippen LogP contribution in [0.5, 0.6) is 0 Å². The van der Waals surface area contributed by atoms with Crippen LogP contribution < -0.4 is 5.19 Å². The Morgan fingerprint density at radius 1 is 0.739 bits per heavy atom. The zero-order valence-electron chi connectivity index (χ0n) is 26.6. The van der Waals surface area contributed by atoms with E-state index in [4.69, 9.17) is 0 Å². The fourth-order valence-electron chi connectivity index (χ4n) is 5.54. The van der Waals surface area contributed by atoms with E-state index in [1.807, 2.05) is 60.8 Å². The molecule has 0 aliphatic carbocycles. The molecule has 233 valence electrons. The molecule has 0 atom stereocenters. The summed E-state index contributed by atoms with van der Waals surface area (Å²) in [4.78, 5) is 9.14. The van der Waals surface area contributed by atoms with Gasteiger partial charge in [-0.1, -0.05) is 86.9 Å². The van der Waals surface area contributed by atoms with Gasteiger partial charge in [-0.05, 0) is 68.0 Å². The Kier molecular flexibility index (Phi) is 10.4. The van der Waals surface area contributed by atoms with Gasteiger partial charge in [0.2, 0.25) is 0 Å². The molecule has 0 saturated heterocycles. The van der Waals surface area contributed by atoms with Crippen molar-refractivity contribution < 1.29 is 24.5 Å². The van der Waals surface area contributed by atoms with Crippen LogP contribution in [0.25, 0.3) is 53.8 Å². The molecule has 3 heterocycles. The molecule has 7 aromatic rings. The van der Waals surface area contributed by atoms with Crippen molar-refractivity contribution in [3.8, 4) is 33.6 Å². The predicted molar refractivity (Wildman–Crippen MR) is 192 cm³/mol. The van der Waals surface area contributed by atoms with Gasteiger partial charge < -0.3 is 9.97 Å². The molecular formula is C40H35FIrN2SSi-2. The zero-order chi connectivity index (χ0) is 31.6. The van der Waals surface area contributed by atoms with Crippen LogP contribution in [0.3, 0.4) is 0 Å². The van der Waals surface area contributed by atoms with Gasteiger partial charge in [0.15, 0.2) is 0 Å². The van der Waals surface area contributed by atoms with Crippen molar-refractivity contribution in [2.75, 3.05) is 0 Å². The second-order valence-electron chi connectivity index (χ2n) is 12.5. The molecular weight excluding hydrogens is 780 g/mol. The van der Waals surface area contributed by atoms with Gasteiger partial charge in [0.25, 0.3) is 0 Å². The first kappa shape index (κ1) is 33.6. The standard InChI is InChI=1S/C23H13FNS.C17H22NSi.Ir/c24-17-10-7-15(8-11-17)16-9-12-18-19-4-3-5-20(21-6-1-2-13-25-21)23(19)26-22(18)14-16;1-13(2)15-11-16(14-9-7-6-8-10-14)18-12-17(15)19(3,4)5;/h1-4,6-14H;6-9,11-13H,1-5H3;/q2*-1;. The quantitative estimate of drug-likeness (QED) is 0.128. The molecule has 0 saturated carbocycles. The smallest absolute Gasteiger partial charge is 0.123 e. The summed E-state index contributed by atoms with van der Waals surface area (Å²) in [6.45, 7) is 11.7. The van der Waals surface area contributed by atoms with E-state index in [9.17, 15) is 4.39 Å². The molecule has 0 bridgehead atoms. The van der Waals surface area contributed by atoms with Gasteiger partial charge in [-0.25, -0.2) is 4.39 Å². The molecule has 0 aliphatic heterocycles. The number of benzene rings is 4. The van der Waals surface area contributed by atoms with Crippen LogP contribution in [0, 0.1) is 17.9 Å². The van der Waals surface area contributed by atoms with E-state index in [1.54, 1.807) is 11.3 Å². The number of pyridine rings is 2. The molecule has 4 aromatic carbocycles. The van der Waals surface area contributed by atoms with Crippen molar-refractivity contribution in [2.45, 2.75) is 39.4 Å². The second kappa shape index (κ2) is 14.3.